The number of rotatable bonds is 5. The molecule has 1 amide bonds. The lowest BCUT2D eigenvalue weighted by Crippen LogP contribution is -2.29. The SMILES string of the molecule is CN(CCc1ccc(F)cc1)C(=O)c1csc(-c2ccco2)n1. The highest BCUT2D eigenvalue weighted by molar-refractivity contribution is 7.13. The van der Waals surface area contributed by atoms with Crippen molar-refractivity contribution in [2.24, 2.45) is 0 Å². The van der Waals surface area contributed by atoms with Crippen molar-refractivity contribution in [3.05, 3.63) is 65.1 Å². The van der Waals surface area contributed by atoms with E-state index < -0.39 is 0 Å². The maximum atomic E-state index is 12.9. The van der Waals surface area contributed by atoms with Crippen LogP contribution < -0.4 is 0 Å². The standard InChI is InChI=1S/C17H15FN2O2S/c1-20(9-8-12-4-6-13(18)7-5-12)17(21)14-11-23-16(19-14)15-3-2-10-22-15/h2-7,10-11H,8-9H2,1H3. The summed E-state index contributed by atoms with van der Waals surface area (Å²) in [5.41, 5.74) is 1.39. The second-order valence-electron chi connectivity index (χ2n) is 5.12. The number of carbonyl (C=O) groups excluding carboxylic acids is 1. The first-order chi connectivity index (χ1) is 11.1. The lowest BCUT2D eigenvalue weighted by molar-refractivity contribution is 0.0791. The molecule has 1 aromatic carbocycles. The first kappa shape index (κ1) is 15.4. The van der Waals surface area contributed by atoms with Crippen molar-refractivity contribution >= 4 is 17.2 Å². The van der Waals surface area contributed by atoms with Crippen molar-refractivity contribution < 1.29 is 13.6 Å². The van der Waals surface area contributed by atoms with Crippen LogP contribution in [0.3, 0.4) is 0 Å². The molecule has 2 aromatic heterocycles. The molecule has 2 heterocycles. The topological polar surface area (TPSA) is 46.3 Å². The first-order valence-electron chi connectivity index (χ1n) is 7.13. The van der Waals surface area contributed by atoms with Crippen molar-refractivity contribution in [3.63, 3.8) is 0 Å². The van der Waals surface area contributed by atoms with Gasteiger partial charge >= 0.3 is 0 Å². The summed E-state index contributed by atoms with van der Waals surface area (Å²) in [5, 5.41) is 2.42. The van der Waals surface area contributed by atoms with Crippen molar-refractivity contribution in [2.45, 2.75) is 6.42 Å². The van der Waals surface area contributed by atoms with Crippen LogP contribution in [0.5, 0.6) is 0 Å². The molecular formula is C17H15FN2O2S. The molecule has 0 spiro atoms. The number of hydrogen-bond acceptors (Lipinski definition) is 4. The van der Waals surface area contributed by atoms with Crippen LogP contribution in [-0.2, 0) is 6.42 Å². The van der Waals surface area contributed by atoms with E-state index in [4.69, 9.17) is 4.42 Å². The Kier molecular flexibility index (Phi) is 4.52. The van der Waals surface area contributed by atoms with Crippen molar-refractivity contribution in [1.82, 2.24) is 9.88 Å². The van der Waals surface area contributed by atoms with Gasteiger partial charge in [-0.25, -0.2) is 9.37 Å². The zero-order valence-electron chi connectivity index (χ0n) is 12.5. The van der Waals surface area contributed by atoms with Crippen LogP contribution in [0.1, 0.15) is 16.1 Å². The summed E-state index contributed by atoms with van der Waals surface area (Å²) in [5.74, 6) is 0.260. The Labute approximate surface area is 137 Å². The molecule has 0 N–H and O–H groups in total. The molecule has 0 unspecified atom stereocenters. The Morgan fingerprint density at radius 3 is 2.78 bits per heavy atom. The van der Waals surface area contributed by atoms with Gasteiger partial charge in [0, 0.05) is 19.0 Å². The van der Waals surface area contributed by atoms with Crippen molar-refractivity contribution in [3.8, 4) is 10.8 Å². The molecule has 0 fully saturated rings. The van der Waals surface area contributed by atoms with E-state index in [1.165, 1.54) is 23.5 Å². The summed E-state index contributed by atoms with van der Waals surface area (Å²) < 4.78 is 18.2. The summed E-state index contributed by atoms with van der Waals surface area (Å²) >= 11 is 1.38. The van der Waals surface area contributed by atoms with Crippen LogP contribution in [0.4, 0.5) is 4.39 Å². The summed E-state index contributed by atoms with van der Waals surface area (Å²) in [6.45, 7) is 0.540. The van der Waals surface area contributed by atoms with E-state index in [-0.39, 0.29) is 11.7 Å². The first-order valence-corrected chi connectivity index (χ1v) is 8.01. The third-order valence-electron chi connectivity index (χ3n) is 3.45. The molecule has 0 saturated heterocycles. The Hall–Kier alpha value is -2.47. The number of likely N-dealkylation sites (N-methyl/N-ethyl adjacent to an activating group) is 1. The molecular weight excluding hydrogens is 315 g/mol. The van der Waals surface area contributed by atoms with Gasteiger partial charge in [-0.2, -0.15) is 0 Å². The van der Waals surface area contributed by atoms with Crippen LogP contribution in [0.25, 0.3) is 10.8 Å². The molecule has 3 rings (SSSR count). The number of aromatic nitrogens is 1. The van der Waals surface area contributed by atoms with E-state index >= 15 is 0 Å². The number of furan rings is 1. The van der Waals surface area contributed by atoms with Gasteiger partial charge in [-0.05, 0) is 36.2 Å². The summed E-state index contributed by atoms with van der Waals surface area (Å²) in [6.07, 6.45) is 2.24. The Balaban J connectivity index is 1.62. The summed E-state index contributed by atoms with van der Waals surface area (Å²) in [6, 6.07) is 9.90. The van der Waals surface area contributed by atoms with Gasteiger partial charge in [-0.15, -0.1) is 11.3 Å². The third-order valence-corrected chi connectivity index (χ3v) is 4.31. The molecule has 0 aliphatic rings. The number of amides is 1. The Morgan fingerprint density at radius 1 is 1.30 bits per heavy atom. The predicted octanol–water partition coefficient (Wildman–Crippen LogP) is 3.86. The molecule has 4 nitrogen and oxygen atoms in total. The predicted molar refractivity (Wildman–Crippen MR) is 86.9 cm³/mol. The Bertz CT molecular complexity index is 781. The van der Waals surface area contributed by atoms with Gasteiger partial charge in [0.2, 0.25) is 0 Å². The fourth-order valence-electron chi connectivity index (χ4n) is 2.13. The molecule has 3 aromatic rings. The fourth-order valence-corrected chi connectivity index (χ4v) is 2.89. The van der Waals surface area contributed by atoms with Crippen LogP contribution in [-0.4, -0.2) is 29.4 Å². The minimum absolute atomic E-state index is 0.138. The van der Waals surface area contributed by atoms with Gasteiger partial charge < -0.3 is 9.32 Å². The highest BCUT2D eigenvalue weighted by atomic mass is 32.1. The highest BCUT2D eigenvalue weighted by Crippen LogP contribution is 2.24. The smallest absolute Gasteiger partial charge is 0.273 e. The van der Waals surface area contributed by atoms with Gasteiger partial charge in [0.15, 0.2) is 10.8 Å². The molecule has 0 radical (unpaired) electrons. The summed E-state index contributed by atoms with van der Waals surface area (Å²) in [7, 11) is 1.73. The average Bonchev–Trinajstić information content (AvgIpc) is 3.24. The van der Waals surface area contributed by atoms with Crippen LogP contribution in [0.15, 0.2) is 52.5 Å². The maximum Gasteiger partial charge on any atom is 0.273 e. The normalized spacial score (nSPS) is 10.7. The number of thiazole rings is 1. The minimum Gasteiger partial charge on any atom is -0.462 e. The van der Waals surface area contributed by atoms with Gasteiger partial charge in [0.25, 0.3) is 5.91 Å². The van der Waals surface area contributed by atoms with E-state index in [9.17, 15) is 9.18 Å². The number of hydrogen-bond donors (Lipinski definition) is 0. The van der Waals surface area contributed by atoms with Gasteiger partial charge in [0.05, 0.1) is 6.26 Å². The van der Waals surface area contributed by atoms with Crippen LogP contribution in [0, 0.1) is 5.82 Å². The number of halogens is 1. The second-order valence-corrected chi connectivity index (χ2v) is 5.98. The number of benzene rings is 1. The van der Waals surface area contributed by atoms with Gasteiger partial charge in [-0.3, -0.25) is 4.79 Å². The molecule has 0 aliphatic heterocycles. The molecule has 118 valence electrons. The van der Waals surface area contributed by atoms with Crippen molar-refractivity contribution in [2.75, 3.05) is 13.6 Å². The third kappa shape index (κ3) is 3.65. The average molecular weight is 330 g/mol. The van der Waals surface area contributed by atoms with E-state index in [0.29, 0.717) is 29.4 Å². The number of carbonyl (C=O) groups is 1. The molecule has 0 aliphatic carbocycles. The molecule has 0 bridgehead atoms. The van der Waals surface area contributed by atoms with Crippen LogP contribution in [0.2, 0.25) is 0 Å². The molecule has 0 saturated carbocycles. The van der Waals surface area contributed by atoms with E-state index in [2.05, 4.69) is 4.98 Å². The maximum absolute atomic E-state index is 12.9. The van der Waals surface area contributed by atoms with Gasteiger partial charge in [-0.1, -0.05) is 12.1 Å². The highest BCUT2D eigenvalue weighted by Gasteiger charge is 2.16. The van der Waals surface area contributed by atoms with E-state index in [0.717, 1.165) is 5.56 Å². The lowest BCUT2D eigenvalue weighted by Gasteiger charge is -2.15. The largest absolute Gasteiger partial charge is 0.462 e. The molecule has 0 atom stereocenters. The molecule has 23 heavy (non-hydrogen) atoms. The minimum atomic E-state index is -0.258. The lowest BCUT2D eigenvalue weighted by atomic mass is 10.1. The van der Waals surface area contributed by atoms with Gasteiger partial charge in [0.1, 0.15) is 11.5 Å². The number of nitrogens with zero attached hydrogens (tertiary/aromatic N) is 2. The quantitative estimate of drug-likeness (QED) is 0.714. The summed E-state index contributed by atoms with van der Waals surface area (Å²) in [4.78, 5) is 18.3. The Morgan fingerprint density at radius 2 is 2.09 bits per heavy atom. The zero-order valence-corrected chi connectivity index (χ0v) is 13.3. The van der Waals surface area contributed by atoms with Crippen molar-refractivity contribution in [1.29, 1.82) is 0 Å². The molecule has 6 heteroatoms. The zero-order chi connectivity index (χ0) is 16.2. The second kappa shape index (κ2) is 6.75. The van der Waals surface area contributed by atoms with Crippen LogP contribution >= 0.6 is 11.3 Å². The van der Waals surface area contributed by atoms with E-state index in [1.54, 1.807) is 41.8 Å². The van der Waals surface area contributed by atoms with E-state index in [1.807, 2.05) is 6.07 Å². The monoisotopic (exact) mass is 330 g/mol. The fraction of sp³-hybridized carbons (Fsp3) is 0.176.